The van der Waals surface area contributed by atoms with Crippen LogP contribution < -0.4 is 4.74 Å². The van der Waals surface area contributed by atoms with Crippen LogP contribution in [0.3, 0.4) is 0 Å². The molecule has 0 aromatic carbocycles. The van der Waals surface area contributed by atoms with Crippen molar-refractivity contribution in [3.8, 4) is 5.88 Å². The third kappa shape index (κ3) is 3.35. The SMILES string of the molecule is CCCCOc1ncc(Br)cc1C. The van der Waals surface area contributed by atoms with Crippen molar-refractivity contribution < 1.29 is 4.74 Å². The van der Waals surface area contributed by atoms with Crippen molar-refractivity contribution in [3.63, 3.8) is 0 Å². The highest BCUT2D eigenvalue weighted by Crippen LogP contribution is 2.18. The number of aryl methyl sites for hydroxylation is 1. The van der Waals surface area contributed by atoms with Gasteiger partial charge in [-0.25, -0.2) is 4.98 Å². The number of hydrogen-bond donors (Lipinski definition) is 0. The van der Waals surface area contributed by atoms with Crippen LogP contribution >= 0.6 is 15.9 Å². The summed E-state index contributed by atoms with van der Waals surface area (Å²) in [5.74, 6) is 0.747. The van der Waals surface area contributed by atoms with Crippen molar-refractivity contribution in [3.05, 3.63) is 22.3 Å². The summed E-state index contributed by atoms with van der Waals surface area (Å²) >= 11 is 3.36. The fourth-order valence-corrected chi connectivity index (χ4v) is 1.44. The van der Waals surface area contributed by atoms with Gasteiger partial charge >= 0.3 is 0 Å². The lowest BCUT2D eigenvalue weighted by Crippen LogP contribution is -1.99. The molecule has 1 heterocycles. The van der Waals surface area contributed by atoms with E-state index in [2.05, 4.69) is 27.8 Å². The zero-order chi connectivity index (χ0) is 9.68. The summed E-state index contributed by atoms with van der Waals surface area (Å²) in [7, 11) is 0. The van der Waals surface area contributed by atoms with Gasteiger partial charge in [0.1, 0.15) is 0 Å². The molecule has 0 fully saturated rings. The summed E-state index contributed by atoms with van der Waals surface area (Å²) < 4.78 is 6.49. The minimum absolute atomic E-state index is 0.747. The van der Waals surface area contributed by atoms with Crippen molar-refractivity contribution in [1.82, 2.24) is 4.98 Å². The van der Waals surface area contributed by atoms with E-state index < -0.39 is 0 Å². The maximum Gasteiger partial charge on any atom is 0.216 e. The molecule has 72 valence electrons. The van der Waals surface area contributed by atoms with E-state index in [-0.39, 0.29) is 0 Å². The molecule has 0 aliphatic rings. The van der Waals surface area contributed by atoms with Crippen molar-refractivity contribution in [1.29, 1.82) is 0 Å². The summed E-state index contributed by atoms with van der Waals surface area (Å²) in [5.41, 5.74) is 1.07. The van der Waals surface area contributed by atoms with Gasteiger partial charge < -0.3 is 4.74 Å². The first-order valence-electron chi connectivity index (χ1n) is 4.49. The van der Waals surface area contributed by atoms with Crippen LogP contribution in [0.4, 0.5) is 0 Å². The first-order chi connectivity index (χ1) is 6.24. The van der Waals surface area contributed by atoms with Crippen molar-refractivity contribution >= 4 is 15.9 Å². The van der Waals surface area contributed by atoms with E-state index in [4.69, 9.17) is 4.74 Å². The molecule has 1 aromatic heterocycles. The molecule has 0 N–H and O–H groups in total. The number of unbranched alkanes of at least 4 members (excludes halogenated alkanes) is 1. The van der Waals surface area contributed by atoms with E-state index in [1.807, 2.05) is 13.0 Å². The third-order valence-corrected chi connectivity index (χ3v) is 2.17. The molecule has 2 nitrogen and oxygen atoms in total. The van der Waals surface area contributed by atoms with Crippen molar-refractivity contribution in [2.45, 2.75) is 26.7 Å². The molecule has 0 amide bonds. The Balaban J connectivity index is 2.56. The standard InChI is InChI=1S/C10H14BrNO/c1-3-4-5-13-10-8(2)6-9(11)7-12-10/h6-7H,3-5H2,1-2H3. The average Bonchev–Trinajstić information content (AvgIpc) is 2.09. The molecular formula is C10H14BrNO. The Labute approximate surface area is 87.5 Å². The predicted octanol–water partition coefficient (Wildman–Crippen LogP) is 3.33. The predicted molar refractivity (Wildman–Crippen MR) is 57.1 cm³/mol. The normalized spacial score (nSPS) is 10.1. The number of ether oxygens (including phenoxy) is 1. The summed E-state index contributed by atoms with van der Waals surface area (Å²) in [5, 5.41) is 0. The minimum Gasteiger partial charge on any atom is -0.477 e. The fraction of sp³-hybridized carbons (Fsp3) is 0.500. The molecule has 0 saturated heterocycles. The van der Waals surface area contributed by atoms with Crippen LogP contribution in [0.2, 0.25) is 0 Å². The van der Waals surface area contributed by atoms with Crippen LogP contribution in [0.25, 0.3) is 0 Å². The zero-order valence-electron chi connectivity index (χ0n) is 8.01. The Morgan fingerprint density at radius 1 is 1.54 bits per heavy atom. The van der Waals surface area contributed by atoms with Gasteiger partial charge in [-0.1, -0.05) is 13.3 Å². The molecule has 0 atom stereocenters. The second kappa shape index (κ2) is 5.22. The second-order valence-electron chi connectivity index (χ2n) is 2.98. The summed E-state index contributed by atoms with van der Waals surface area (Å²) in [4.78, 5) is 4.18. The highest BCUT2D eigenvalue weighted by atomic mass is 79.9. The van der Waals surface area contributed by atoms with Crippen LogP contribution in [-0.2, 0) is 0 Å². The van der Waals surface area contributed by atoms with Gasteiger partial charge in [0, 0.05) is 16.2 Å². The molecular weight excluding hydrogens is 230 g/mol. The Morgan fingerprint density at radius 2 is 2.31 bits per heavy atom. The highest BCUT2D eigenvalue weighted by Gasteiger charge is 2.00. The van der Waals surface area contributed by atoms with Gasteiger partial charge in [0.25, 0.3) is 0 Å². The number of nitrogens with zero attached hydrogens (tertiary/aromatic N) is 1. The van der Waals surface area contributed by atoms with E-state index in [1.54, 1.807) is 6.20 Å². The molecule has 0 spiro atoms. The smallest absolute Gasteiger partial charge is 0.216 e. The van der Waals surface area contributed by atoms with Crippen LogP contribution in [-0.4, -0.2) is 11.6 Å². The third-order valence-electron chi connectivity index (χ3n) is 1.73. The molecule has 1 aromatic rings. The average molecular weight is 244 g/mol. The number of aromatic nitrogens is 1. The molecule has 0 aliphatic heterocycles. The van der Waals surface area contributed by atoms with Crippen molar-refractivity contribution in [2.75, 3.05) is 6.61 Å². The maximum atomic E-state index is 5.50. The quantitative estimate of drug-likeness (QED) is 0.758. The number of halogens is 1. The molecule has 0 unspecified atom stereocenters. The molecule has 0 bridgehead atoms. The molecule has 3 heteroatoms. The summed E-state index contributed by atoms with van der Waals surface area (Å²) in [6.45, 7) is 4.90. The summed E-state index contributed by atoms with van der Waals surface area (Å²) in [6, 6.07) is 2.01. The van der Waals surface area contributed by atoms with Crippen LogP contribution in [0.15, 0.2) is 16.7 Å². The van der Waals surface area contributed by atoms with Gasteiger partial charge in [0.05, 0.1) is 6.61 Å². The largest absolute Gasteiger partial charge is 0.477 e. The molecule has 1 rings (SSSR count). The Kier molecular flexibility index (Phi) is 4.22. The van der Waals surface area contributed by atoms with Crippen LogP contribution in [0.5, 0.6) is 5.88 Å². The zero-order valence-corrected chi connectivity index (χ0v) is 9.60. The van der Waals surface area contributed by atoms with E-state index in [1.165, 1.54) is 0 Å². The Bertz CT molecular complexity index is 276. The van der Waals surface area contributed by atoms with Crippen LogP contribution in [0.1, 0.15) is 25.3 Å². The fourth-order valence-electron chi connectivity index (χ4n) is 0.992. The van der Waals surface area contributed by atoms with E-state index >= 15 is 0 Å². The lowest BCUT2D eigenvalue weighted by Gasteiger charge is -2.06. The first-order valence-corrected chi connectivity index (χ1v) is 5.28. The monoisotopic (exact) mass is 243 g/mol. The molecule has 0 radical (unpaired) electrons. The molecule has 0 saturated carbocycles. The minimum atomic E-state index is 0.747. The second-order valence-corrected chi connectivity index (χ2v) is 3.89. The van der Waals surface area contributed by atoms with Gasteiger partial charge in [0.2, 0.25) is 5.88 Å². The summed E-state index contributed by atoms with van der Waals surface area (Å²) in [6.07, 6.45) is 3.99. The first kappa shape index (κ1) is 10.5. The number of pyridine rings is 1. The van der Waals surface area contributed by atoms with Gasteiger partial charge in [-0.2, -0.15) is 0 Å². The van der Waals surface area contributed by atoms with Gasteiger partial charge in [-0.3, -0.25) is 0 Å². The maximum absolute atomic E-state index is 5.50. The lowest BCUT2D eigenvalue weighted by molar-refractivity contribution is 0.295. The molecule has 13 heavy (non-hydrogen) atoms. The lowest BCUT2D eigenvalue weighted by atomic mass is 10.3. The Morgan fingerprint density at radius 3 is 2.92 bits per heavy atom. The van der Waals surface area contributed by atoms with E-state index in [9.17, 15) is 0 Å². The number of rotatable bonds is 4. The van der Waals surface area contributed by atoms with Gasteiger partial charge in [-0.15, -0.1) is 0 Å². The molecule has 0 aliphatic carbocycles. The van der Waals surface area contributed by atoms with E-state index in [0.717, 1.165) is 35.4 Å². The Hall–Kier alpha value is -0.570. The highest BCUT2D eigenvalue weighted by molar-refractivity contribution is 9.10. The van der Waals surface area contributed by atoms with Crippen LogP contribution in [0, 0.1) is 6.92 Å². The topological polar surface area (TPSA) is 22.1 Å². The number of hydrogen-bond acceptors (Lipinski definition) is 2. The van der Waals surface area contributed by atoms with Gasteiger partial charge in [0.15, 0.2) is 0 Å². The van der Waals surface area contributed by atoms with Gasteiger partial charge in [-0.05, 0) is 35.3 Å². The van der Waals surface area contributed by atoms with E-state index in [0.29, 0.717) is 0 Å². The van der Waals surface area contributed by atoms with Crippen molar-refractivity contribution in [2.24, 2.45) is 0 Å².